The normalized spacial score (nSPS) is 13.2. The third kappa shape index (κ3) is 5.37. The quantitative estimate of drug-likeness (QED) is 0.665. The SMILES string of the molecule is CSCCCCCCNCCc1ccc2c(c1)CCO2. The molecule has 0 amide bonds. The van der Waals surface area contributed by atoms with Crippen LogP contribution in [0.25, 0.3) is 0 Å². The summed E-state index contributed by atoms with van der Waals surface area (Å²) >= 11 is 1.95. The van der Waals surface area contributed by atoms with Crippen molar-refractivity contribution in [2.24, 2.45) is 0 Å². The first-order chi connectivity index (χ1) is 9.90. The molecular formula is C17H27NOS. The molecule has 2 rings (SSSR count). The Bertz CT molecular complexity index is 395. The summed E-state index contributed by atoms with van der Waals surface area (Å²) in [4.78, 5) is 0. The molecule has 0 aliphatic carbocycles. The van der Waals surface area contributed by atoms with Crippen molar-refractivity contribution >= 4 is 11.8 Å². The zero-order valence-corrected chi connectivity index (χ0v) is 13.4. The fourth-order valence-corrected chi connectivity index (χ4v) is 3.10. The van der Waals surface area contributed by atoms with E-state index in [1.807, 2.05) is 11.8 Å². The minimum Gasteiger partial charge on any atom is -0.493 e. The average molecular weight is 293 g/mol. The maximum absolute atomic E-state index is 5.53. The molecule has 0 saturated carbocycles. The molecule has 0 bridgehead atoms. The topological polar surface area (TPSA) is 21.3 Å². The Hall–Kier alpha value is -0.670. The largest absolute Gasteiger partial charge is 0.493 e. The van der Waals surface area contributed by atoms with Crippen molar-refractivity contribution < 1.29 is 4.74 Å². The summed E-state index contributed by atoms with van der Waals surface area (Å²) in [5.74, 6) is 2.40. The van der Waals surface area contributed by atoms with E-state index in [1.165, 1.54) is 42.6 Å². The van der Waals surface area contributed by atoms with Gasteiger partial charge in [0.25, 0.3) is 0 Å². The second kappa shape index (κ2) is 9.30. The maximum Gasteiger partial charge on any atom is 0.122 e. The zero-order chi connectivity index (χ0) is 14.0. The van der Waals surface area contributed by atoms with E-state index in [0.717, 1.165) is 38.3 Å². The van der Waals surface area contributed by atoms with Crippen molar-refractivity contribution in [3.8, 4) is 5.75 Å². The van der Waals surface area contributed by atoms with E-state index in [-0.39, 0.29) is 0 Å². The summed E-state index contributed by atoms with van der Waals surface area (Å²) in [5, 5.41) is 3.56. The van der Waals surface area contributed by atoms with Crippen LogP contribution in [-0.4, -0.2) is 31.7 Å². The molecule has 1 N–H and O–H groups in total. The first-order valence-corrected chi connectivity index (χ1v) is 9.24. The number of ether oxygens (including phenoxy) is 1. The van der Waals surface area contributed by atoms with Gasteiger partial charge in [0.1, 0.15) is 5.75 Å². The van der Waals surface area contributed by atoms with Crippen LogP contribution in [0, 0.1) is 0 Å². The molecule has 2 nitrogen and oxygen atoms in total. The molecule has 112 valence electrons. The summed E-state index contributed by atoms with van der Waals surface area (Å²) in [6, 6.07) is 6.64. The molecule has 1 aliphatic rings. The van der Waals surface area contributed by atoms with Crippen molar-refractivity contribution in [2.75, 3.05) is 31.7 Å². The van der Waals surface area contributed by atoms with Gasteiger partial charge in [0.05, 0.1) is 6.61 Å². The fraction of sp³-hybridized carbons (Fsp3) is 0.647. The van der Waals surface area contributed by atoms with Crippen LogP contribution >= 0.6 is 11.8 Å². The summed E-state index contributed by atoms with van der Waals surface area (Å²) < 4.78 is 5.53. The summed E-state index contributed by atoms with van der Waals surface area (Å²) in [6.45, 7) is 3.10. The van der Waals surface area contributed by atoms with E-state index >= 15 is 0 Å². The third-order valence-electron chi connectivity index (χ3n) is 3.80. The van der Waals surface area contributed by atoms with Gasteiger partial charge in [-0.25, -0.2) is 0 Å². The Morgan fingerprint density at radius 1 is 1.15 bits per heavy atom. The minimum absolute atomic E-state index is 0.855. The number of thioether (sulfide) groups is 1. The molecule has 3 heteroatoms. The van der Waals surface area contributed by atoms with E-state index in [2.05, 4.69) is 29.8 Å². The average Bonchev–Trinajstić information content (AvgIpc) is 2.93. The van der Waals surface area contributed by atoms with Crippen LogP contribution in [0.2, 0.25) is 0 Å². The first-order valence-electron chi connectivity index (χ1n) is 7.84. The van der Waals surface area contributed by atoms with Crippen molar-refractivity contribution in [1.29, 1.82) is 0 Å². The lowest BCUT2D eigenvalue weighted by Gasteiger charge is -2.06. The predicted octanol–water partition coefficient (Wildman–Crippen LogP) is 3.68. The highest BCUT2D eigenvalue weighted by atomic mass is 32.2. The molecule has 0 fully saturated rings. The van der Waals surface area contributed by atoms with E-state index in [4.69, 9.17) is 4.74 Å². The van der Waals surface area contributed by atoms with Gasteiger partial charge in [0, 0.05) is 6.42 Å². The Balaban J connectivity index is 1.51. The molecule has 0 radical (unpaired) electrons. The highest BCUT2D eigenvalue weighted by molar-refractivity contribution is 7.98. The van der Waals surface area contributed by atoms with Gasteiger partial charge in [-0.3, -0.25) is 0 Å². The molecule has 0 spiro atoms. The van der Waals surface area contributed by atoms with Crippen LogP contribution in [-0.2, 0) is 12.8 Å². The number of unbranched alkanes of at least 4 members (excludes halogenated alkanes) is 3. The molecular weight excluding hydrogens is 266 g/mol. The summed E-state index contributed by atoms with van der Waals surface area (Å²) in [6.07, 6.45) is 9.82. The maximum atomic E-state index is 5.53. The molecule has 0 aromatic heterocycles. The smallest absolute Gasteiger partial charge is 0.122 e. The lowest BCUT2D eigenvalue weighted by atomic mass is 10.1. The minimum atomic E-state index is 0.855. The fourth-order valence-electron chi connectivity index (χ4n) is 2.60. The van der Waals surface area contributed by atoms with Crippen molar-refractivity contribution in [1.82, 2.24) is 5.32 Å². The Labute approximate surface area is 127 Å². The van der Waals surface area contributed by atoms with Crippen LogP contribution in [0.3, 0.4) is 0 Å². The van der Waals surface area contributed by atoms with Gasteiger partial charge < -0.3 is 10.1 Å². The number of hydrogen-bond acceptors (Lipinski definition) is 3. The molecule has 0 saturated heterocycles. The van der Waals surface area contributed by atoms with Gasteiger partial charge in [0.2, 0.25) is 0 Å². The standard InChI is InChI=1S/C17H27NOS/c1-20-13-5-3-2-4-10-18-11-8-15-6-7-17-16(14-15)9-12-19-17/h6-7,14,18H,2-5,8-13H2,1H3. The predicted molar refractivity (Wildman–Crippen MR) is 89.1 cm³/mol. The summed E-state index contributed by atoms with van der Waals surface area (Å²) in [5.41, 5.74) is 2.82. The third-order valence-corrected chi connectivity index (χ3v) is 4.49. The Kier molecular flexibility index (Phi) is 7.31. The number of hydrogen-bond donors (Lipinski definition) is 1. The first kappa shape index (κ1) is 15.7. The molecule has 0 atom stereocenters. The van der Waals surface area contributed by atoms with E-state index in [9.17, 15) is 0 Å². The van der Waals surface area contributed by atoms with Crippen molar-refractivity contribution in [3.05, 3.63) is 29.3 Å². The van der Waals surface area contributed by atoms with Gasteiger partial charge in [-0.15, -0.1) is 0 Å². The van der Waals surface area contributed by atoms with Gasteiger partial charge >= 0.3 is 0 Å². The van der Waals surface area contributed by atoms with Crippen molar-refractivity contribution in [3.63, 3.8) is 0 Å². The van der Waals surface area contributed by atoms with Crippen LogP contribution in [0.4, 0.5) is 0 Å². The second-order valence-electron chi connectivity index (χ2n) is 5.45. The molecule has 1 aliphatic heterocycles. The number of nitrogens with one attached hydrogen (secondary N) is 1. The molecule has 20 heavy (non-hydrogen) atoms. The van der Waals surface area contributed by atoms with E-state index in [1.54, 1.807) is 0 Å². The number of rotatable bonds is 10. The van der Waals surface area contributed by atoms with Gasteiger partial charge in [-0.2, -0.15) is 11.8 Å². The van der Waals surface area contributed by atoms with E-state index < -0.39 is 0 Å². The Morgan fingerprint density at radius 2 is 2.05 bits per heavy atom. The monoisotopic (exact) mass is 293 g/mol. The van der Waals surface area contributed by atoms with Gasteiger partial charge in [-0.1, -0.05) is 25.0 Å². The number of fused-ring (bicyclic) bond motifs is 1. The van der Waals surface area contributed by atoms with Gasteiger partial charge in [-0.05, 0) is 61.6 Å². The Morgan fingerprint density at radius 3 is 2.95 bits per heavy atom. The van der Waals surface area contributed by atoms with Crippen LogP contribution in [0.15, 0.2) is 18.2 Å². The van der Waals surface area contributed by atoms with E-state index in [0.29, 0.717) is 0 Å². The van der Waals surface area contributed by atoms with Crippen LogP contribution in [0.1, 0.15) is 36.8 Å². The highest BCUT2D eigenvalue weighted by Crippen LogP contribution is 2.25. The number of benzene rings is 1. The lowest BCUT2D eigenvalue weighted by molar-refractivity contribution is 0.357. The van der Waals surface area contributed by atoms with Crippen molar-refractivity contribution in [2.45, 2.75) is 38.5 Å². The summed E-state index contributed by atoms with van der Waals surface area (Å²) in [7, 11) is 0. The second-order valence-corrected chi connectivity index (χ2v) is 6.43. The molecule has 1 aromatic carbocycles. The molecule has 0 unspecified atom stereocenters. The molecule has 1 heterocycles. The molecule has 1 aromatic rings. The zero-order valence-electron chi connectivity index (χ0n) is 12.6. The highest BCUT2D eigenvalue weighted by Gasteiger charge is 2.11. The van der Waals surface area contributed by atoms with Crippen LogP contribution in [0.5, 0.6) is 5.75 Å². The van der Waals surface area contributed by atoms with Gasteiger partial charge in [0.15, 0.2) is 0 Å². The van der Waals surface area contributed by atoms with Crippen LogP contribution < -0.4 is 10.1 Å². The lowest BCUT2D eigenvalue weighted by Crippen LogP contribution is -2.18.